The lowest BCUT2D eigenvalue weighted by Gasteiger charge is -2.31. The first-order valence-corrected chi connectivity index (χ1v) is 5.83. The number of hydroxylamine groups is 2. The van der Waals surface area contributed by atoms with Gasteiger partial charge in [-0.15, -0.1) is 0 Å². The number of hydrogen-bond donors (Lipinski definition) is 1. The van der Waals surface area contributed by atoms with Crippen molar-refractivity contribution in [2.45, 2.75) is 5.79 Å². The minimum atomic E-state index is -1.47. The van der Waals surface area contributed by atoms with Crippen LogP contribution in [0.3, 0.4) is 0 Å². The average Bonchev–Trinajstić information content (AvgIpc) is 2.40. The summed E-state index contributed by atoms with van der Waals surface area (Å²) in [4.78, 5) is 5.60. The van der Waals surface area contributed by atoms with Crippen LogP contribution in [0.25, 0.3) is 0 Å². The predicted molar refractivity (Wildman–Crippen MR) is 70.7 cm³/mol. The first-order chi connectivity index (χ1) is 8.63. The van der Waals surface area contributed by atoms with E-state index in [1.807, 2.05) is 60.7 Å². The molecule has 18 heavy (non-hydrogen) atoms. The van der Waals surface area contributed by atoms with Gasteiger partial charge in [-0.3, -0.25) is 4.84 Å². The molecule has 0 saturated carbocycles. The van der Waals surface area contributed by atoms with Crippen molar-refractivity contribution >= 4 is 0 Å². The van der Waals surface area contributed by atoms with E-state index in [9.17, 15) is 5.11 Å². The van der Waals surface area contributed by atoms with E-state index in [-0.39, 0.29) is 0 Å². The van der Waals surface area contributed by atoms with Crippen molar-refractivity contribution in [2.75, 3.05) is 14.1 Å². The molecule has 0 aliphatic carbocycles. The van der Waals surface area contributed by atoms with Crippen molar-refractivity contribution < 1.29 is 9.94 Å². The van der Waals surface area contributed by atoms with Gasteiger partial charge in [0.2, 0.25) is 5.79 Å². The van der Waals surface area contributed by atoms with Crippen LogP contribution in [0.2, 0.25) is 0 Å². The molecule has 0 spiro atoms. The van der Waals surface area contributed by atoms with Gasteiger partial charge in [-0.25, -0.2) is 0 Å². The van der Waals surface area contributed by atoms with Gasteiger partial charge in [-0.1, -0.05) is 60.7 Å². The topological polar surface area (TPSA) is 32.7 Å². The zero-order valence-corrected chi connectivity index (χ0v) is 10.6. The maximum Gasteiger partial charge on any atom is 0.238 e. The zero-order valence-electron chi connectivity index (χ0n) is 10.6. The molecule has 2 aromatic rings. The van der Waals surface area contributed by atoms with Gasteiger partial charge < -0.3 is 5.11 Å². The van der Waals surface area contributed by atoms with Gasteiger partial charge in [0.25, 0.3) is 0 Å². The van der Waals surface area contributed by atoms with E-state index < -0.39 is 5.79 Å². The van der Waals surface area contributed by atoms with Crippen molar-refractivity contribution in [3.8, 4) is 0 Å². The first-order valence-electron chi connectivity index (χ1n) is 5.83. The molecule has 3 nitrogen and oxygen atoms in total. The molecule has 0 heterocycles. The number of hydrogen-bond acceptors (Lipinski definition) is 3. The number of benzene rings is 2. The van der Waals surface area contributed by atoms with Gasteiger partial charge in [0, 0.05) is 25.2 Å². The molecule has 0 bridgehead atoms. The minimum Gasteiger partial charge on any atom is -0.357 e. The first kappa shape index (κ1) is 12.8. The van der Waals surface area contributed by atoms with E-state index in [1.54, 1.807) is 14.1 Å². The lowest BCUT2D eigenvalue weighted by molar-refractivity contribution is -0.300. The summed E-state index contributed by atoms with van der Waals surface area (Å²) in [5.41, 5.74) is 1.40. The Kier molecular flexibility index (Phi) is 3.77. The lowest BCUT2D eigenvalue weighted by atomic mass is 9.98. The van der Waals surface area contributed by atoms with Gasteiger partial charge in [0.05, 0.1) is 0 Å². The summed E-state index contributed by atoms with van der Waals surface area (Å²) < 4.78 is 0. The number of aliphatic hydroxyl groups is 1. The van der Waals surface area contributed by atoms with Crippen LogP contribution in [0.15, 0.2) is 60.7 Å². The maximum atomic E-state index is 10.9. The Bertz CT molecular complexity index is 443. The van der Waals surface area contributed by atoms with Crippen molar-refractivity contribution in [1.82, 2.24) is 5.06 Å². The van der Waals surface area contributed by atoms with Crippen molar-refractivity contribution in [3.05, 3.63) is 71.8 Å². The Morgan fingerprint density at radius 3 is 1.56 bits per heavy atom. The summed E-state index contributed by atoms with van der Waals surface area (Å²) in [6.45, 7) is 0. The Hall–Kier alpha value is -1.68. The summed E-state index contributed by atoms with van der Waals surface area (Å²) >= 11 is 0. The Labute approximate surface area is 107 Å². The fraction of sp³-hybridized carbons (Fsp3) is 0.200. The zero-order chi connectivity index (χ0) is 13.0. The van der Waals surface area contributed by atoms with Gasteiger partial charge in [0.15, 0.2) is 0 Å². The molecule has 2 rings (SSSR count). The van der Waals surface area contributed by atoms with Crippen LogP contribution in [0.5, 0.6) is 0 Å². The van der Waals surface area contributed by atoms with Gasteiger partial charge in [-0.2, -0.15) is 5.06 Å². The molecule has 0 aliphatic heterocycles. The molecular formula is C15H17NO2. The Morgan fingerprint density at radius 2 is 1.22 bits per heavy atom. The van der Waals surface area contributed by atoms with Crippen molar-refractivity contribution in [1.29, 1.82) is 0 Å². The third kappa shape index (κ3) is 2.59. The highest BCUT2D eigenvalue weighted by Gasteiger charge is 2.34. The number of nitrogens with zero attached hydrogens (tertiary/aromatic N) is 1. The second-order valence-corrected chi connectivity index (χ2v) is 4.28. The molecule has 0 radical (unpaired) electrons. The predicted octanol–water partition coefficient (Wildman–Crippen LogP) is 2.37. The van der Waals surface area contributed by atoms with Gasteiger partial charge >= 0.3 is 0 Å². The average molecular weight is 243 g/mol. The van der Waals surface area contributed by atoms with E-state index in [2.05, 4.69) is 0 Å². The molecule has 0 amide bonds. The summed E-state index contributed by atoms with van der Waals surface area (Å²) in [5, 5.41) is 12.4. The van der Waals surface area contributed by atoms with Crippen LogP contribution >= 0.6 is 0 Å². The van der Waals surface area contributed by atoms with Gasteiger partial charge in [0.1, 0.15) is 0 Å². The second-order valence-electron chi connectivity index (χ2n) is 4.28. The third-order valence-electron chi connectivity index (χ3n) is 2.64. The third-order valence-corrected chi connectivity index (χ3v) is 2.64. The van der Waals surface area contributed by atoms with Crippen LogP contribution in [-0.2, 0) is 10.6 Å². The SMILES string of the molecule is CN(C)OC(O)(c1ccccc1)c1ccccc1. The fourth-order valence-electron chi connectivity index (χ4n) is 1.86. The Morgan fingerprint density at radius 1 is 0.833 bits per heavy atom. The maximum absolute atomic E-state index is 10.9. The number of rotatable bonds is 4. The Balaban J connectivity index is 2.48. The van der Waals surface area contributed by atoms with E-state index in [0.717, 1.165) is 0 Å². The second kappa shape index (κ2) is 5.31. The summed E-state index contributed by atoms with van der Waals surface area (Å²) in [5.74, 6) is -1.47. The quantitative estimate of drug-likeness (QED) is 0.661. The monoisotopic (exact) mass is 243 g/mol. The molecule has 0 atom stereocenters. The molecule has 3 heteroatoms. The van der Waals surface area contributed by atoms with Crippen molar-refractivity contribution in [3.63, 3.8) is 0 Å². The van der Waals surface area contributed by atoms with Crippen LogP contribution in [0.4, 0.5) is 0 Å². The lowest BCUT2D eigenvalue weighted by Crippen LogP contribution is -2.36. The molecule has 0 unspecified atom stereocenters. The van der Waals surface area contributed by atoms with Crippen LogP contribution in [-0.4, -0.2) is 24.3 Å². The normalized spacial score (nSPS) is 11.8. The van der Waals surface area contributed by atoms with Crippen LogP contribution in [0.1, 0.15) is 11.1 Å². The summed E-state index contributed by atoms with van der Waals surface area (Å²) in [6, 6.07) is 18.7. The molecule has 0 aromatic heterocycles. The molecule has 0 aliphatic rings. The molecule has 94 valence electrons. The van der Waals surface area contributed by atoms with Gasteiger partial charge in [-0.05, 0) is 0 Å². The highest BCUT2D eigenvalue weighted by molar-refractivity contribution is 5.32. The van der Waals surface area contributed by atoms with E-state index in [0.29, 0.717) is 11.1 Å². The van der Waals surface area contributed by atoms with E-state index >= 15 is 0 Å². The van der Waals surface area contributed by atoms with E-state index in [1.165, 1.54) is 5.06 Å². The van der Waals surface area contributed by atoms with Crippen LogP contribution < -0.4 is 0 Å². The van der Waals surface area contributed by atoms with Crippen LogP contribution in [0, 0.1) is 0 Å². The molecular weight excluding hydrogens is 226 g/mol. The molecule has 0 fully saturated rings. The standard InChI is InChI=1S/C15H17NO2/c1-16(2)18-15(17,13-9-5-3-6-10-13)14-11-7-4-8-12-14/h3-12,17H,1-2H3. The molecule has 0 saturated heterocycles. The largest absolute Gasteiger partial charge is 0.357 e. The highest BCUT2D eigenvalue weighted by atomic mass is 16.8. The van der Waals surface area contributed by atoms with E-state index in [4.69, 9.17) is 4.84 Å². The molecule has 1 N–H and O–H groups in total. The minimum absolute atomic E-state index is 0.699. The van der Waals surface area contributed by atoms with Crippen molar-refractivity contribution in [2.24, 2.45) is 0 Å². The fourth-order valence-corrected chi connectivity index (χ4v) is 1.86. The highest BCUT2D eigenvalue weighted by Crippen LogP contribution is 2.31. The molecule has 2 aromatic carbocycles. The smallest absolute Gasteiger partial charge is 0.238 e. The summed E-state index contributed by atoms with van der Waals surface area (Å²) in [7, 11) is 3.49. The summed E-state index contributed by atoms with van der Waals surface area (Å²) in [6.07, 6.45) is 0.